The van der Waals surface area contributed by atoms with Gasteiger partial charge in [0.15, 0.2) is 0 Å². The lowest BCUT2D eigenvalue weighted by atomic mass is 10.2. The third kappa shape index (κ3) is 3.64. The van der Waals surface area contributed by atoms with Crippen LogP contribution in [0.1, 0.15) is 25.1 Å². The zero-order valence-electron chi connectivity index (χ0n) is 16.1. The molecule has 2 aromatic rings. The molecule has 1 saturated heterocycles. The molecule has 148 valence electrons. The number of rotatable bonds is 1. The second-order valence-corrected chi connectivity index (χ2v) is 7.58. The van der Waals surface area contributed by atoms with Crippen LogP contribution in [0.15, 0.2) is 23.0 Å². The van der Waals surface area contributed by atoms with Gasteiger partial charge < -0.3 is 15.1 Å². The highest BCUT2D eigenvalue weighted by Crippen LogP contribution is 2.18. The van der Waals surface area contributed by atoms with Crippen molar-refractivity contribution in [2.24, 2.45) is 0 Å². The molecule has 8 heteroatoms. The van der Waals surface area contributed by atoms with E-state index in [2.05, 4.69) is 15.2 Å². The molecule has 2 aliphatic rings. The predicted molar refractivity (Wildman–Crippen MR) is 106 cm³/mol. The Morgan fingerprint density at radius 3 is 2.61 bits per heavy atom. The molecule has 0 spiro atoms. The number of aryl methyl sites for hydroxylation is 1. The van der Waals surface area contributed by atoms with E-state index >= 15 is 0 Å². The minimum atomic E-state index is -0.674. The summed E-state index contributed by atoms with van der Waals surface area (Å²) in [4.78, 5) is 46.0. The predicted octanol–water partition coefficient (Wildman–Crippen LogP) is 0.835. The van der Waals surface area contributed by atoms with Gasteiger partial charge in [-0.2, -0.15) is 0 Å². The summed E-state index contributed by atoms with van der Waals surface area (Å²) in [5.41, 5.74) is 0.984. The van der Waals surface area contributed by atoms with Gasteiger partial charge in [0.25, 0.3) is 5.56 Å². The Balaban J connectivity index is 1.56. The largest absolute Gasteiger partial charge is 0.332 e. The molecule has 4 rings (SSSR count). The molecule has 0 aliphatic carbocycles. The van der Waals surface area contributed by atoms with Crippen molar-refractivity contribution in [3.8, 4) is 0 Å². The molecule has 1 fully saturated rings. The van der Waals surface area contributed by atoms with Crippen molar-refractivity contribution in [3.05, 3.63) is 34.4 Å². The standard InChI is InChI=1S/C20H25N5O3/c1-23-9-11-24(12-10-23)20(28)18(26)21-14-6-7-16-15(13-14)19(27)25-8-4-2-3-5-17(25)22-16/h6-7,13H,2-5,8-12H2,1H3,(H,21,26). The van der Waals surface area contributed by atoms with Crippen LogP contribution in [0, 0.1) is 0 Å². The second-order valence-electron chi connectivity index (χ2n) is 7.58. The highest BCUT2D eigenvalue weighted by Gasteiger charge is 2.25. The van der Waals surface area contributed by atoms with Crippen molar-refractivity contribution >= 4 is 28.4 Å². The number of hydrogen-bond acceptors (Lipinski definition) is 5. The summed E-state index contributed by atoms with van der Waals surface area (Å²) < 4.78 is 1.75. The second kappa shape index (κ2) is 7.71. The summed E-state index contributed by atoms with van der Waals surface area (Å²) >= 11 is 0. The monoisotopic (exact) mass is 383 g/mol. The highest BCUT2D eigenvalue weighted by molar-refractivity contribution is 6.39. The maximum Gasteiger partial charge on any atom is 0.313 e. The molecule has 1 aromatic heterocycles. The maximum absolute atomic E-state index is 12.9. The molecule has 1 N–H and O–H groups in total. The summed E-state index contributed by atoms with van der Waals surface area (Å²) in [6, 6.07) is 5.05. The third-order valence-corrected chi connectivity index (χ3v) is 5.56. The summed E-state index contributed by atoms with van der Waals surface area (Å²) in [5, 5.41) is 3.11. The Bertz CT molecular complexity index is 976. The number of piperazine rings is 1. The number of amides is 2. The lowest BCUT2D eigenvalue weighted by molar-refractivity contribution is -0.144. The average Bonchev–Trinajstić information content (AvgIpc) is 2.94. The van der Waals surface area contributed by atoms with Gasteiger partial charge in [0.2, 0.25) is 0 Å². The Kier molecular flexibility index (Phi) is 5.13. The van der Waals surface area contributed by atoms with Crippen LogP contribution in [0.5, 0.6) is 0 Å². The van der Waals surface area contributed by atoms with E-state index in [9.17, 15) is 14.4 Å². The molecule has 8 nitrogen and oxygen atoms in total. The molecule has 0 atom stereocenters. The molecule has 2 amide bonds. The number of likely N-dealkylation sites (N-methyl/N-ethyl adjacent to an activating group) is 1. The number of benzene rings is 1. The molecular formula is C20H25N5O3. The van der Waals surface area contributed by atoms with Crippen LogP contribution < -0.4 is 10.9 Å². The number of anilines is 1. The number of carbonyl (C=O) groups is 2. The fraction of sp³-hybridized carbons (Fsp3) is 0.500. The molecule has 0 radical (unpaired) electrons. The Morgan fingerprint density at radius 1 is 1.04 bits per heavy atom. The van der Waals surface area contributed by atoms with Gasteiger partial charge in [0.05, 0.1) is 10.9 Å². The number of hydrogen-bond donors (Lipinski definition) is 1. The Labute approximate surface area is 163 Å². The lowest BCUT2D eigenvalue weighted by Gasteiger charge is -2.31. The Morgan fingerprint density at radius 2 is 1.82 bits per heavy atom. The van der Waals surface area contributed by atoms with E-state index in [-0.39, 0.29) is 5.56 Å². The number of carbonyl (C=O) groups excluding carboxylic acids is 2. The van der Waals surface area contributed by atoms with Gasteiger partial charge in [-0.15, -0.1) is 0 Å². The smallest absolute Gasteiger partial charge is 0.313 e. The third-order valence-electron chi connectivity index (χ3n) is 5.56. The van der Waals surface area contributed by atoms with E-state index in [0.29, 0.717) is 36.2 Å². The molecular weight excluding hydrogens is 358 g/mol. The summed E-state index contributed by atoms with van der Waals surface area (Å²) in [7, 11) is 1.99. The van der Waals surface area contributed by atoms with E-state index in [4.69, 9.17) is 0 Å². The highest BCUT2D eigenvalue weighted by atomic mass is 16.2. The number of aromatic nitrogens is 2. The van der Waals surface area contributed by atoms with E-state index in [0.717, 1.165) is 44.6 Å². The van der Waals surface area contributed by atoms with Crippen molar-refractivity contribution in [2.45, 2.75) is 32.2 Å². The van der Waals surface area contributed by atoms with Crippen LogP contribution in [-0.2, 0) is 22.6 Å². The van der Waals surface area contributed by atoms with Crippen LogP contribution in [-0.4, -0.2) is 64.4 Å². The number of fused-ring (bicyclic) bond motifs is 2. The Hall–Kier alpha value is -2.74. The molecule has 0 unspecified atom stereocenters. The summed E-state index contributed by atoms with van der Waals surface area (Å²) in [6.45, 7) is 3.26. The zero-order valence-corrected chi connectivity index (χ0v) is 16.1. The minimum Gasteiger partial charge on any atom is -0.332 e. The van der Waals surface area contributed by atoms with Crippen molar-refractivity contribution < 1.29 is 9.59 Å². The first-order valence-electron chi connectivity index (χ1n) is 9.85. The SMILES string of the molecule is CN1CCN(C(=O)C(=O)Nc2ccc3nc4n(c(=O)c3c2)CCCCC4)CC1. The summed E-state index contributed by atoms with van der Waals surface area (Å²) in [6.07, 6.45) is 3.91. The number of nitrogens with zero attached hydrogens (tertiary/aromatic N) is 4. The van der Waals surface area contributed by atoms with Gasteiger partial charge in [-0.3, -0.25) is 19.0 Å². The summed E-state index contributed by atoms with van der Waals surface area (Å²) in [5.74, 6) is -0.381. The van der Waals surface area contributed by atoms with Crippen molar-refractivity contribution in [2.75, 3.05) is 38.5 Å². The fourth-order valence-electron chi connectivity index (χ4n) is 3.83. The van der Waals surface area contributed by atoms with E-state index in [1.54, 1.807) is 27.7 Å². The first-order valence-corrected chi connectivity index (χ1v) is 9.85. The van der Waals surface area contributed by atoms with Crippen LogP contribution in [0.3, 0.4) is 0 Å². The molecule has 0 saturated carbocycles. The normalized spacial score (nSPS) is 17.8. The van der Waals surface area contributed by atoms with Gasteiger partial charge in [0.1, 0.15) is 5.82 Å². The number of nitrogens with one attached hydrogen (secondary N) is 1. The molecule has 1 aromatic carbocycles. The van der Waals surface area contributed by atoms with Gasteiger partial charge in [-0.1, -0.05) is 6.42 Å². The molecule has 28 heavy (non-hydrogen) atoms. The first-order chi connectivity index (χ1) is 13.5. The zero-order chi connectivity index (χ0) is 19.7. The first kappa shape index (κ1) is 18.6. The molecule has 2 aliphatic heterocycles. The average molecular weight is 383 g/mol. The van der Waals surface area contributed by atoms with Crippen molar-refractivity contribution in [1.29, 1.82) is 0 Å². The topological polar surface area (TPSA) is 87.5 Å². The lowest BCUT2D eigenvalue weighted by Crippen LogP contribution is -2.50. The van der Waals surface area contributed by atoms with Gasteiger partial charge in [0, 0.05) is 44.8 Å². The van der Waals surface area contributed by atoms with Crippen LogP contribution in [0.4, 0.5) is 5.69 Å². The van der Waals surface area contributed by atoms with E-state index in [1.807, 2.05) is 7.05 Å². The van der Waals surface area contributed by atoms with Crippen LogP contribution >= 0.6 is 0 Å². The van der Waals surface area contributed by atoms with E-state index in [1.165, 1.54) is 0 Å². The van der Waals surface area contributed by atoms with Gasteiger partial charge in [-0.25, -0.2) is 4.98 Å². The van der Waals surface area contributed by atoms with Crippen molar-refractivity contribution in [3.63, 3.8) is 0 Å². The van der Waals surface area contributed by atoms with Crippen molar-refractivity contribution in [1.82, 2.24) is 19.4 Å². The molecule has 3 heterocycles. The van der Waals surface area contributed by atoms with Gasteiger partial charge in [-0.05, 0) is 38.1 Å². The van der Waals surface area contributed by atoms with E-state index < -0.39 is 11.8 Å². The minimum absolute atomic E-state index is 0.0802. The molecule has 0 bridgehead atoms. The maximum atomic E-state index is 12.9. The quantitative estimate of drug-likeness (QED) is 0.737. The fourth-order valence-corrected chi connectivity index (χ4v) is 3.83. The van der Waals surface area contributed by atoms with Gasteiger partial charge >= 0.3 is 11.8 Å². The van der Waals surface area contributed by atoms with Crippen LogP contribution in [0.2, 0.25) is 0 Å². The van der Waals surface area contributed by atoms with Crippen LogP contribution in [0.25, 0.3) is 10.9 Å².